The maximum absolute atomic E-state index is 11.6. The van der Waals surface area contributed by atoms with Crippen molar-refractivity contribution in [2.75, 3.05) is 7.11 Å². The van der Waals surface area contributed by atoms with Crippen molar-refractivity contribution >= 4 is 5.97 Å². The van der Waals surface area contributed by atoms with Crippen molar-refractivity contribution in [1.82, 2.24) is 9.78 Å². The van der Waals surface area contributed by atoms with Gasteiger partial charge in [0.25, 0.3) is 0 Å². The van der Waals surface area contributed by atoms with Crippen LogP contribution in [0.3, 0.4) is 0 Å². The Bertz CT molecular complexity index is 674. The van der Waals surface area contributed by atoms with Crippen molar-refractivity contribution in [2.24, 2.45) is 0 Å². The molecule has 98 valence electrons. The molecule has 1 aromatic carbocycles. The molecule has 1 heterocycles. The second kappa shape index (κ2) is 4.93. The molecule has 0 atom stereocenters. The van der Waals surface area contributed by atoms with Crippen LogP contribution >= 0.6 is 0 Å². The minimum Gasteiger partial charge on any atom is -0.497 e. The summed E-state index contributed by atoms with van der Waals surface area (Å²) in [5, 5.41) is 12.8. The van der Waals surface area contributed by atoms with Gasteiger partial charge in [-0.05, 0) is 31.2 Å². The molecule has 0 spiro atoms. The fourth-order valence-electron chi connectivity index (χ4n) is 1.62. The van der Waals surface area contributed by atoms with Crippen molar-refractivity contribution in [3.05, 3.63) is 51.9 Å². The Morgan fingerprint density at radius 2 is 1.95 bits per heavy atom. The molecule has 0 saturated carbocycles. The minimum atomic E-state index is -1.34. The van der Waals surface area contributed by atoms with Crippen LogP contribution in [0.1, 0.15) is 16.1 Å². The molecule has 0 saturated heterocycles. The van der Waals surface area contributed by atoms with Crippen LogP contribution in [-0.2, 0) is 0 Å². The zero-order chi connectivity index (χ0) is 14.0. The summed E-state index contributed by atoms with van der Waals surface area (Å²) in [6.07, 6.45) is 1.50. The van der Waals surface area contributed by atoms with Gasteiger partial charge in [-0.1, -0.05) is 0 Å². The molecule has 0 aliphatic rings. The van der Waals surface area contributed by atoms with E-state index in [1.807, 2.05) is 0 Å². The van der Waals surface area contributed by atoms with Gasteiger partial charge in [-0.3, -0.25) is 4.79 Å². The number of carboxylic acid groups (broad SMARTS) is 1. The molecule has 2 aromatic rings. The van der Waals surface area contributed by atoms with Gasteiger partial charge in [0.1, 0.15) is 5.75 Å². The summed E-state index contributed by atoms with van der Waals surface area (Å²) >= 11 is 0. The second-order valence-corrected chi connectivity index (χ2v) is 3.94. The van der Waals surface area contributed by atoms with Gasteiger partial charge in [-0.2, -0.15) is 5.10 Å². The van der Waals surface area contributed by atoms with Gasteiger partial charge in [0, 0.05) is 11.8 Å². The monoisotopic (exact) mass is 260 g/mol. The third-order valence-corrected chi connectivity index (χ3v) is 2.64. The quantitative estimate of drug-likeness (QED) is 0.898. The van der Waals surface area contributed by atoms with Crippen LogP contribution in [0.5, 0.6) is 5.75 Å². The Morgan fingerprint density at radius 1 is 1.32 bits per heavy atom. The summed E-state index contributed by atoms with van der Waals surface area (Å²) in [6.45, 7) is 1.55. The molecule has 2 rings (SSSR count). The topological polar surface area (TPSA) is 81.4 Å². The second-order valence-electron chi connectivity index (χ2n) is 3.94. The number of aryl methyl sites for hydroxylation is 1. The molecule has 0 bridgehead atoms. The zero-order valence-electron chi connectivity index (χ0n) is 10.5. The summed E-state index contributed by atoms with van der Waals surface area (Å²) in [4.78, 5) is 22.6. The Kier molecular flexibility index (Phi) is 3.33. The normalized spacial score (nSPS) is 10.2. The fourth-order valence-corrected chi connectivity index (χ4v) is 1.62. The minimum absolute atomic E-state index is 0.322. The lowest BCUT2D eigenvalue weighted by Gasteiger charge is -2.08. The van der Waals surface area contributed by atoms with E-state index in [9.17, 15) is 9.59 Å². The van der Waals surface area contributed by atoms with Crippen molar-refractivity contribution in [3.63, 3.8) is 0 Å². The van der Waals surface area contributed by atoms with Gasteiger partial charge >= 0.3 is 5.97 Å². The number of hydrogen-bond donors (Lipinski definition) is 1. The number of aromatic carboxylic acids is 1. The van der Waals surface area contributed by atoms with Crippen LogP contribution < -0.4 is 10.2 Å². The number of ether oxygens (including phenoxy) is 1. The van der Waals surface area contributed by atoms with E-state index in [4.69, 9.17) is 9.84 Å². The molecule has 0 aliphatic carbocycles. The van der Waals surface area contributed by atoms with Gasteiger partial charge < -0.3 is 9.84 Å². The largest absolute Gasteiger partial charge is 0.497 e. The van der Waals surface area contributed by atoms with E-state index in [0.29, 0.717) is 17.0 Å². The highest BCUT2D eigenvalue weighted by Gasteiger charge is 2.14. The molecule has 0 aliphatic heterocycles. The maximum atomic E-state index is 11.6. The first-order valence-electron chi connectivity index (χ1n) is 5.51. The first-order chi connectivity index (χ1) is 9.02. The number of carboxylic acids is 1. The van der Waals surface area contributed by atoms with Crippen LogP contribution in [0.2, 0.25) is 0 Å². The summed E-state index contributed by atoms with van der Waals surface area (Å²) < 4.78 is 6.40. The highest BCUT2D eigenvalue weighted by Crippen LogP contribution is 2.14. The number of carbonyl (C=O) groups is 1. The zero-order valence-corrected chi connectivity index (χ0v) is 10.5. The third kappa shape index (κ3) is 2.47. The number of hydrogen-bond acceptors (Lipinski definition) is 4. The van der Waals surface area contributed by atoms with E-state index in [0.717, 1.165) is 0 Å². The standard InChI is InChI=1S/C13H12N2O4/c1-8-7-15(14-11(12(8)16)13(17)18)9-3-5-10(19-2)6-4-9/h3-7H,1-2H3,(H,17,18). The third-order valence-electron chi connectivity index (χ3n) is 2.64. The van der Waals surface area contributed by atoms with Crippen molar-refractivity contribution < 1.29 is 14.6 Å². The highest BCUT2D eigenvalue weighted by molar-refractivity contribution is 5.85. The maximum Gasteiger partial charge on any atom is 0.360 e. The predicted molar refractivity (Wildman–Crippen MR) is 68.1 cm³/mol. The lowest BCUT2D eigenvalue weighted by molar-refractivity contribution is 0.0686. The number of nitrogens with zero attached hydrogens (tertiary/aromatic N) is 2. The van der Waals surface area contributed by atoms with Crippen LogP contribution in [-0.4, -0.2) is 28.0 Å². The fraction of sp³-hybridized carbons (Fsp3) is 0.154. The van der Waals surface area contributed by atoms with Gasteiger partial charge in [0.15, 0.2) is 0 Å². The smallest absolute Gasteiger partial charge is 0.360 e. The van der Waals surface area contributed by atoms with Gasteiger partial charge in [0.05, 0.1) is 12.8 Å². The molecular weight excluding hydrogens is 248 g/mol. The van der Waals surface area contributed by atoms with Gasteiger partial charge in [-0.25, -0.2) is 9.48 Å². The average molecular weight is 260 g/mol. The van der Waals surface area contributed by atoms with Crippen LogP contribution in [0.4, 0.5) is 0 Å². The van der Waals surface area contributed by atoms with Gasteiger partial charge in [0.2, 0.25) is 11.1 Å². The molecule has 0 fully saturated rings. The van der Waals surface area contributed by atoms with E-state index in [1.54, 1.807) is 38.3 Å². The van der Waals surface area contributed by atoms with Gasteiger partial charge in [-0.15, -0.1) is 0 Å². The average Bonchev–Trinajstić information content (AvgIpc) is 2.41. The number of rotatable bonds is 3. The van der Waals surface area contributed by atoms with Crippen LogP contribution in [0.25, 0.3) is 5.69 Å². The molecule has 6 heteroatoms. The molecule has 1 N–H and O–H groups in total. The molecule has 6 nitrogen and oxygen atoms in total. The van der Waals surface area contributed by atoms with E-state index in [1.165, 1.54) is 10.9 Å². The van der Waals surface area contributed by atoms with E-state index in [-0.39, 0.29) is 0 Å². The summed E-state index contributed by atoms with van der Waals surface area (Å²) in [6, 6.07) is 6.90. The summed E-state index contributed by atoms with van der Waals surface area (Å²) in [7, 11) is 1.55. The summed E-state index contributed by atoms with van der Waals surface area (Å²) in [5.41, 5.74) is -0.0947. The number of benzene rings is 1. The predicted octanol–water partition coefficient (Wildman–Crippen LogP) is 1.25. The van der Waals surface area contributed by atoms with Crippen molar-refractivity contribution in [1.29, 1.82) is 0 Å². The Hall–Kier alpha value is -2.63. The Morgan fingerprint density at radius 3 is 2.47 bits per heavy atom. The molecule has 1 aromatic heterocycles. The first-order valence-corrected chi connectivity index (χ1v) is 5.51. The van der Waals surface area contributed by atoms with E-state index < -0.39 is 17.1 Å². The summed E-state index contributed by atoms with van der Waals surface area (Å²) in [5.74, 6) is -0.657. The van der Waals surface area contributed by atoms with Crippen LogP contribution in [0, 0.1) is 6.92 Å². The molecule has 0 amide bonds. The lowest BCUT2D eigenvalue weighted by atomic mass is 10.2. The molecular formula is C13H12N2O4. The Balaban J connectivity index is 2.56. The SMILES string of the molecule is COc1ccc(-n2cc(C)c(=O)c(C(=O)O)n2)cc1. The van der Waals surface area contributed by atoms with Crippen molar-refractivity contribution in [3.8, 4) is 11.4 Å². The van der Waals surface area contributed by atoms with Crippen molar-refractivity contribution in [2.45, 2.75) is 6.92 Å². The highest BCUT2D eigenvalue weighted by atomic mass is 16.5. The first kappa shape index (κ1) is 12.8. The Labute approximate surface area is 108 Å². The number of aromatic nitrogens is 2. The van der Waals surface area contributed by atoms with E-state index >= 15 is 0 Å². The number of methoxy groups -OCH3 is 1. The molecule has 0 radical (unpaired) electrons. The van der Waals surface area contributed by atoms with Crippen LogP contribution in [0.15, 0.2) is 35.3 Å². The lowest BCUT2D eigenvalue weighted by Crippen LogP contribution is -2.23. The molecule has 0 unspecified atom stereocenters. The molecule has 19 heavy (non-hydrogen) atoms. The van der Waals surface area contributed by atoms with E-state index in [2.05, 4.69) is 5.10 Å².